The molecule has 0 spiro atoms. The Hall–Kier alpha value is -3.16. The maximum Gasteiger partial charge on any atom is 0.261 e. The summed E-state index contributed by atoms with van der Waals surface area (Å²) < 4.78 is 21.7. The van der Waals surface area contributed by atoms with Crippen molar-refractivity contribution in [2.24, 2.45) is 0 Å². The fourth-order valence-corrected chi connectivity index (χ4v) is 2.59. The number of hydrogen-bond donors (Lipinski definition) is 0. The Balaban J connectivity index is 1.98. The number of fused-ring (bicyclic) bond motifs is 2. The highest BCUT2D eigenvalue weighted by molar-refractivity contribution is 5.68. The summed E-state index contributed by atoms with van der Waals surface area (Å²) in [5, 5.41) is 7.31. The van der Waals surface area contributed by atoms with Gasteiger partial charge in [-0.3, -0.25) is 9.36 Å². The molecule has 1 aliphatic rings. The molecule has 0 saturated heterocycles. The Morgan fingerprint density at radius 3 is 3.00 bits per heavy atom. The molecule has 2 aromatic heterocycles. The van der Waals surface area contributed by atoms with Gasteiger partial charge in [0.15, 0.2) is 5.65 Å². The van der Waals surface area contributed by atoms with Crippen molar-refractivity contribution in [1.82, 2.24) is 19.4 Å². The molecule has 0 atom stereocenters. The topological polar surface area (TPSA) is 64.7 Å². The minimum Gasteiger partial charge on any atom is -0.485 e. The van der Waals surface area contributed by atoms with E-state index in [2.05, 4.69) is 16.9 Å². The first-order valence-corrected chi connectivity index (χ1v) is 6.87. The molecule has 0 N–H and O–H groups in total. The van der Waals surface area contributed by atoms with Gasteiger partial charge in [-0.05, 0) is 18.2 Å². The second kappa shape index (κ2) is 4.67. The maximum absolute atomic E-state index is 13.8. The van der Waals surface area contributed by atoms with Gasteiger partial charge in [-0.25, -0.2) is 0 Å². The van der Waals surface area contributed by atoms with E-state index in [0.29, 0.717) is 18.0 Å². The molecule has 0 amide bonds. The van der Waals surface area contributed by atoms with Gasteiger partial charge in [0, 0.05) is 12.7 Å². The molecule has 3 aromatic rings. The lowest BCUT2D eigenvalue weighted by molar-refractivity contribution is 0.338. The number of anilines is 1. The van der Waals surface area contributed by atoms with Crippen LogP contribution in [0.15, 0.2) is 47.5 Å². The molecule has 1 aromatic carbocycles. The van der Waals surface area contributed by atoms with Crippen LogP contribution in [0.25, 0.3) is 11.3 Å². The summed E-state index contributed by atoms with van der Waals surface area (Å²) in [4.78, 5) is 14.1. The molecule has 0 radical (unpaired) electrons. The third-order valence-corrected chi connectivity index (χ3v) is 3.86. The van der Waals surface area contributed by atoms with Crippen molar-refractivity contribution in [3.05, 3.63) is 59.0 Å². The summed E-state index contributed by atoms with van der Waals surface area (Å²) >= 11 is 0. The highest BCUT2D eigenvalue weighted by atomic mass is 19.1. The van der Waals surface area contributed by atoms with E-state index in [0.717, 1.165) is 22.0 Å². The average Bonchev–Trinajstić information content (AvgIpc) is 3.01. The summed E-state index contributed by atoms with van der Waals surface area (Å²) in [7, 11) is 1.87. The number of aromatic nitrogens is 4. The van der Waals surface area contributed by atoms with Gasteiger partial charge >= 0.3 is 0 Å². The van der Waals surface area contributed by atoms with Gasteiger partial charge in [-0.2, -0.15) is 8.91 Å². The molecule has 0 aliphatic carbocycles. The maximum atomic E-state index is 13.8. The van der Waals surface area contributed by atoms with Gasteiger partial charge in [0.2, 0.25) is 5.95 Å². The molecule has 23 heavy (non-hydrogen) atoms. The van der Waals surface area contributed by atoms with Gasteiger partial charge < -0.3 is 9.64 Å². The molecule has 1 aliphatic heterocycles. The molecule has 4 rings (SSSR count). The zero-order valence-electron chi connectivity index (χ0n) is 12.2. The van der Waals surface area contributed by atoms with Crippen molar-refractivity contribution in [3.8, 4) is 11.4 Å². The monoisotopic (exact) mass is 313 g/mol. The molecule has 0 unspecified atom stereocenters. The quantitative estimate of drug-likeness (QED) is 0.635. The fraction of sp³-hybridized carbons (Fsp3) is 0.133. The normalized spacial score (nSPS) is 14.0. The molecule has 0 saturated carbocycles. The largest absolute Gasteiger partial charge is 0.485 e. The summed E-state index contributed by atoms with van der Waals surface area (Å²) in [6, 6.07) is 6.16. The molecular formula is C15H12FN5O2. The highest BCUT2D eigenvalue weighted by Gasteiger charge is 2.20. The zero-order chi connectivity index (χ0) is 16.1. The molecule has 116 valence electrons. The first-order chi connectivity index (χ1) is 11.1. The third-order valence-electron chi connectivity index (χ3n) is 3.86. The summed E-state index contributed by atoms with van der Waals surface area (Å²) in [5.74, 6) is -0.0630. The van der Waals surface area contributed by atoms with E-state index >= 15 is 0 Å². The van der Waals surface area contributed by atoms with Crippen molar-refractivity contribution in [2.45, 2.75) is 0 Å². The number of hydrogen-bond acceptors (Lipinski definition) is 5. The van der Waals surface area contributed by atoms with Gasteiger partial charge in [0.1, 0.15) is 12.4 Å². The van der Waals surface area contributed by atoms with Crippen LogP contribution in [0.3, 0.4) is 0 Å². The SMILES string of the molecule is C=C1COc2ccc(-n3c(=O)cc(F)n4nncc34)cc2N1C. The lowest BCUT2D eigenvalue weighted by atomic mass is 10.2. The first-order valence-electron chi connectivity index (χ1n) is 6.87. The van der Waals surface area contributed by atoms with E-state index in [1.807, 2.05) is 11.9 Å². The Morgan fingerprint density at radius 2 is 2.17 bits per heavy atom. The standard InChI is InChI=1S/C15H12FN5O2/c1-9-8-23-12-4-3-10(5-11(12)19(9)2)20-14-7-17-18-21(14)13(16)6-15(20)22/h3-7H,1,8H2,2H3. The van der Waals surface area contributed by atoms with E-state index in [1.165, 1.54) is 10.8 Å². The summed E-state index contributed by atoms with van der Waals surface area (Å²) in [6.07, 6.45) is 1.34. The fourth-order valence-electron chi connectivity index (χ4n) is 2.59. The molecule has 0 bridgehead atoms. The second-order valence-corrected chi connectivity index (χ2v) is 5.21. The second-order valence-electron chi connectivity index (χ2n) is 5.21. The van der Waals surface area contributed by atoms with Crippen LogP contribution in [-0.4, -0.2) is 33.0 Å². The van der Waals surface area contributed by atoms with Crippen LogP contribution in [0.4, 0.5) is 10.1 Å². The van der Waals surface area contributed by atoms with Crippen molar-refractivity contribution in [3.63, 3.8) is 0 Å². The first kappa shape index (κ1) is 13.5. The van der Waals surface area contributed by atoms with Crippen molar-refractivity contribution in [2.75, 3.05) is 18.6 Å². The number of likely N-dealkylation sites (N-methyl/N-ethyl adjacent to an activating group) is 1. The van der Waals surface area contributed by atoms with Crippen LogP contribution >= 0.6 is 0 Å². The van der Waals surface area contributed by atoms with Crippen LogP contribution in [0, 0.1) is 5.95 Å². The van der Waals surface area contributed by atoms with Crippen molar-refractivity contribution < 1.29 is 9.13 Å². The minimum absolute atomic E-state index is 0.244. The van der Waals surface area contributed by atoms with Crippen LogP contribution < -0.4 is 15.2 Å². The molecule has 3 heterocycles. The van der Waals surface area contributed by atoms with E-state index in [9.17, 15) is 9.18 Å². The predicted octanol–water partition coefficient (Wildman–Crippen LogP) is 1.36. The number of halogens is 1. The lowest BCUT2D eigenvalue weighted by Gasteiger charge is -2.30. The zero-order valence-corrected chi connectivity index (χ0v) is 12.2. The van der Waals surface area contributed by atoms with E-state index in [4.69, 9.17) is 4.74 Å². The van der Waals surface area contributed by atoms with Crippen LogP contribution in [0.2, 0.25) is 0 Å². The van der Waals surface area contributed by atoms with Crippen LogP contribution in [0.1, 0.15) is 0 Å². The van der Waals surface area contributed by atoms with Crippen molar-refractivity contribution in [1.29, 1.82) is 0 Å². The van der Waals surface area contributed by atoms with Crippen LogP contribution in [-0.2, 0) is 0 Å². The Labute approximate surface area is 129 Å². The third kappa shape index (κ3) is 1.91. The Morgan fingerprint density at radius 1 is 1.35 bits per heavy atom. The molecular weight excluding hydrogens is 301 g/mol. The smallest absolute Gasteiger partial charge is 0.261 e. The Bertz CT molecular complexity index is 1010. The highest BCUT2D eigenvalue weighted by Crippen LogP contribution is 2.35. The van der Waals surface area contributed by atoms with Crippen molar-refractivity contribution >= 4 is 11.3 Å². The number of ether oxygens (including phenoxy) is 1. The minimum atomic E-state index is -0.759. The van der Waals surface area contributed by atoms with Gasteiger partial charge in [-0.15, -0.1) is 5.10 Å². The predicted molar refractivity (Wildman–Crippen MR) is 81.6 cm³/mol. The van der Waals surface area contributed by atoms with Crippen LogP contribution in [0.5, 0.6) is 5.75 Å². The van der Waals surface area contributed by atoms with E-state index < -0.39 is 11.5 Å². The van der Waals surface area contributed by atoms with E-state index in [1.54, 1.807) is 18.2 Å². The van der Waals surface area contributed by atoms with Gasteiger partial charge in [0.25, 0.3) is 5.56 Å². The molecule has 0 fully saturated rings. The number of nitrogens with zero attached hydrogens (tertiary/aromatic N) is 5. The molecule has 8 heteroatoms. The summed E-state index contributed by atoms with van der Waals surface area (Å²) in [5.41, 5.74) is 1.88. The Kier molecular flexibility index (Phi) is 2.74. The van der Waals surface area contributed by atoms with E-state index in [-0.39, 0.29) is 5.65 Å². The summed E-state index contributed by atoms with van der Waals surface area (Å²) in [6.45, 7) is 4.34. The van der Waals surface area contributed by atoms with Gasteiger partial charge in [0.05, 0.1) is 23.6 Å². The number of rotatable bonds is 1. The lowest BCUT2D eigenvalue weighted by Crippen LogP contribution is -2.27. The average molecular weight is 313 g/mol. The molecule has 7 nitrogen and oxygen atoms in total. The van der Waals surface area contributed by atoms with Gasteiger partial charge in [-0.1, -0.05) is 11.8 Å². The number of benzene rings is 1.